The van der Waals surface area contributed by atoms with Crippen molar-refractivity contribution in [3.8, 4) is 0 Å². The van der Waals surface area contributed by atoms with E-state index in [1.54, 1.807) is 48.8 Å². The zero-order valence-corrected chi connectivity index (χ0v) is 17.6. The Hall–Kier alpha value is -2.75. The number of pyridine rings is 1. The van der Waals surface area contributed by atoms with Crippen LogP contribution in [-0.4, -0.2) is 48.8 Å². The molecule has 0 bridgehead atoms. The van der Waals surface area contributed by atoms with Crippen molar-refractivity contribution < 1.29 is 17.6 Å². The van der Waals surface area contributed by atoms with Gasteiger partial charge >= 0.3 is 0 Å². The summed E-state index contributed by atoms with van der Waals surface area (Å²) in [4.78, 5) is 16.6. The molecule has 3 aromatic rings. The third-order valence-electron chi connectivity index (χ3n) is 5.08. The molecule has 1 aliphatic rings. The van der Waals surface area contributed by atoms with Crippen LogP contribution < -0.4 is 10.6 Å². The van der Waals surface area contributed by atoms with E-state index in [4.69, 9.17) is 4.42 Å². The molecule has 9 heteroatoms. The van der Waals surface area contributed by atoms with E-state index in [-0.39, 0.29) is 35.2 Å². The molecule has 3 heterocycles. The second-order valence-corrected chi connectivity index (χ2v) is 9.58. The first-order valence-corrected chi connectivity index (χ1v) is 11.2. The number of sulfonamides is 1. The molecule has 1 aliphatic heterocycles. The average Bonchev–Trinajstić information content (AvgIpc) is 3.16. The van der Waals surface area contributed by atoms with E-state index < -0.39 is 10.0 Å². The Morgan fingerprint density at radius 3 is 2.57 bits per heavy atom. The highest BCUT2D eigenvalue weighted by Crippen LogP contribution is 2.20. The fourth-order valence-electron chi connectivity index (χ4n) is 3.67. The van der Waals surface area contributed by atoms with E-state index in [9.17, 15) is 13.2 Å². The van der Waals surface area contributed by atoms with Crippen molar-refractivity contribution in [1.82, 2.24) is 19.9 Å². The first-order chi connectivity index (χ1) is 14.3. The molecule has 0 radical (unpaired) electrons. The monoisotopic (exact) mass is 428 g/mol. The van der Waals surface area contributed by atoms with Crippen molar-refractivity contribution in [3.63, 3.8) is 0 Å². The molecule has 30 heavy (non-hydrogen) atoms. The van der Waals surface area contributed by atoms with Gasteiger partial charge in [0.25, 0.3) is 5.91 Å². The van der Waals surface area contributed by atoms with E-state index >= 15 is 0 Å². The number of hydrogen-bond donors (Lipinski definition) is 2. The van der Waals surface area contributed by atoms with Gasteiger partial charge < -0.3 is 15.1 Å². The summed E-state index contributed by atoms with van der Waals surface area (Å²) in [6.07, 6.45) is 3.20. The summed E-state index contributed by atoms with van der Waals surface area (Å²) in [5, 5.41) is 6.93. The van der Waals surface area contributed by atoms with E-state index in [0.29, 0.717) is 18.7 Å². The number of fused-ring (bicyclic) bond motifs is 1. The molecule has 1 fully saturated rings. The molecule has 2 N–H and O–H groups in total. The molecule has 0 aliphatic carbocycles. The molecule has 2 aromatic heterocycles. The van der Waals surface area contributed by atoms with Crippen molar-refractivity contribution in [2.75, 3.05) is 13.1 Å². The van der Waals surface area contributed by atoms with Gasteiger partial charge in [0.2, 0.25) is 10.0 Å². The van der Waals surface area contributed by atoms with Gasteiger partial charge in [-0.2, -0.15) is 4.31 Å². The molecule has 1 amide bonds. The van der Waals surface area contributed by atoms with Gasteiger partial charge in [-0.05, 0) is 43.7 Å². The zero-order chi connectivity index (χ0) is 21.3. The van der Waals surface area contributed by atoms with Gasteiger partial charge in [-0.15, -0.1) is 0 Å². The highest BCUT2D eigenvalue weighted by atomic mass is 32.2. The first-order valence-electron chi connectivity index (χ1n) is 9.80. The minimum Gasteiger partial charge on any atom is -0.449 e. The highest BCUT2D eigenvalue weighted by molar-refractivity contribution is 7.89. The standard InChI is InChI=1S/C21H24N4O4S/c1-14-12-25(13-15(2)24-14)30(27,28)18-5-3-16(4-6-18)10-23-21(26)19-9-17-7-8-22-11-20(17)29-19/h3-9,11,14-15,24H,10,12-13H2,1-2H3,(H,23,26)/t14-,15+. The Labute approximate surface area is 175 Å². The van der Waals surface area contributed by atoms with Crippen LogP contribution in [0.2, 0.25) is 0 Å². The lowest BCUT2D eigenvalue weighted by Crippen LogP contribution is -2.55. The van der Waals surface area contributed by atoms with E-state index in [1.807, 2.05) is 13.8 Å². The van der Waals surface area contributed by atoms with Crippen molar-refractivity contribution in [2.45, 2.75) is 37.4 Å². The van der Waals surface area contributed by atoms with Gasteiger partial charge in [-0.3, -0.25) is 9.78 Å². The molecule has 1 saturated heterocycles. The Morgan fingerprint density at radius 2 is 1.90 bits per heavy atom. The maximum atomic E-state index is 12.9. The number of nitrogens with one attached hydrogen (secondary N) is 2. The first kappa shape index (κ1) is 20.5. The smallest absolute Gasteiger partial charge is 0.287 e. The van der Waals surface area contributed by atoms with Gasteiger partial charge in [0.1, 0.15) is 0 Å². The van der Waals surface area contributed by atoms with Crippen LogP contribution >= 0.6 is 0 Å². The molecule has 0 saturated carbocycles. The Balaban J connectivity index is 1.41. The summed E-state index contributed by atoms with van der Waals surface area (Å²) in [7, 11) is -3.55. The molecule has 0 spiro atoms. The maximum absolute atomic E-state index is 12.9. The molecule has 0 unspecified atom stereocenters. The third kappa shape index (κ3) is 4.23. The molecular formula is C21H24N4O4S. The highest BCUT2D eigenvalue weighted by Gasteiger charge is 2.31. The summed E-state index contributed by atoms with van der Waals surface area (Å²) < 4.78 is 32.9. The number of furan rings is 1. The van der Waals surface area contributed by atoms with Gasteiger partial charge in [0.15, 0.2) is 11.3 Å². The summed E-state index contributed by atoms with van der Waals surface area (Å²) >= 11 is 0. The molecular weight excluding hydrogens is 404 g/mol. The molecule has 1 aromatic carbocycles. The molecule has 4 rings (SSSR count). The lowest BCUT2D eigenvalue weighted by molar-refractivity contribution is 0.0925. The Kier molecular flexibility index (Phi) is 5.59. The predicted octanol–water partition coefficient (Wildman–Crippen LogP) is 2.13. The number of amides is 1. The van der Waals surface area contributed by atoms with Crippen LogP contribution in [0.25, 0.3) is 11.0 Å². The van der Waals surface area contributed by atoms with Crippen molar-refractivity contribution in [1.29, 1.82) is 0 Å². The minimum atomic E-state index is -3.55. The lowest BCUT2D eigenvalue weighted by atomic mass is 10.2. The number of carbonyl (C=O) groups is 1. The van der Waals surface area contributed by atoms with E-state index in [1.165, 1.54) is 4.31 Å². The topological polar surface area (TPSA) is 105 Å². The zero-order valence-electron chi connectivity index (χ0n) is 16.8. The number of piperazine rings is 1. The fourth-order valence-corrected chi connectivity index (χ4v) is 5.28. The Morgan fingerprint density at radius 1 is 1.20 bits per heavy atom. The number of hydrogen-bond acceptors (Lipinski definition) is 6. The molecule has 158 valence electrons. The lowest BCUT2D eigenvalue weighted by Gasteiger charge is -2.35. The van der Waals surface area contributed by atoms with Gasteiger partial charge in [0, 0.05) is 43.3 Å². The largest absolute Gasteiger partial charge is 0.449 e. The van der Waals surface area contributed by atoms with E-state index in [2.05, 4.69) is 15.6 Å². The predicted molar refractivity (Wildman–Crippen MR) is 112 cm³/mol. The SMILES string of the molecule is C[C@@H]1CN(S(=O)(=O)c2ccc(CNC(=O)c3cc4ccncc4o3)cc2)C[C@H](C)N1. The second kappa shape index (κ2) is 8.17. The van der Waals surface area contributed by atoms with Crippen molar-refractivity contribution >= 4 is 26.9 Å². The van der Waals surface area contributed by atoms with E-state index in [0.717, 1.165) is 10.9 Å². The second-order valence-electron chi connectivity index (χ2n) is 7.64. The van der Waals surface area contributed by atoms with Crippen LogP contribution in [0.5, 0.6) is 0 Å². The summed E-state index contributed by atoms with van der Waals surface area (Å²) in [5.41, 5.74) is 1.34. The maximum Gasteiger partial charge on any atom is 0.287 e. The number of nitrogens with zero attached hydrogens (tertiary/aromatic N) is 2. The number of carbonyl (C=O) groups excluding carboxylic acids is 1. The number of aromatic nitrogens is 1. The van der Waals surface area contributed by atoms with Crippen LogP contribution in [0, 0.1) is 0 Å². The van der Waals surface area contributed by atoms with Crippen LogP contribution in [0.15, 0.2) is 58.1 Å². The van der Waals surface area contributed by atoms with Gasteiger partial charge in [-0.25, -0.2) is 8.42 Å². The normalized spacial score (nSPS) is 20.3. The van der Waals surface area contributed by atoms with Crippen molar-refractivity contribution in [2.24, 2.45) is 0 Å². The minimum absolute atomic E-state index is 0.104. The summed E-state index contributed by atoms with van der Waals surface area (Å²) in [6, 6.07) is 10.2. The summed E-state index contributed by atoms with van der Waals surface area (Å²) in [6.45, 7) is 5.09. The summed E-state index contributed by atoms with van der Waals surface area (Å²) in [5.74, 6) is -0.133. The van der Waals surface area contributed by atoms with Crippen LogP contribution in [0.3, 0.4) is 0 Å². The van der Waals surface area contributed by atoms with Crippen LogP contribution in [-0.2, 0) is 16.6 Å². The number of rotatable bonds is 5. The third-order valence-corrected chi connectivity index (χ3v) is 6.93. The quantitative estimate of drug-likeness (QED) is 0.645. The van der Waals surface area contributed by atoms with Crippen LogP contribution in [0.4, 0.5) is 0 Å². The van der Waals surface area contributed by atoms with Crippen molar-refractivity contribution in [3.05, 3.63) is 60.1 Å². The van der Waals surface area contributed by atoms with Gasteiger partial charge in [0.05, 0.1) is 11.1 Å². The van der Waals surface area contributed by atoms with Crippen LogP contribution in [0.1, 0.15) is 30.0 Å². The van der Waals surface area contributed by atoms with Gasteiger partial charge in [-0.1, -0.05) is 12.1 Å². The average molecular weight is 429 g/mol. The number of benzene rings is 1. The fraction of sp³-hybridized carbons (Fsp3) is 0.333. The Bertz CT molecular complexity index is 1110. The molecule has 2 atom stereocenters. The molecule has 8 nitrogen and oxygen atoms in total.